The largest absolute Gasteiger partial charge is 0.497 e. The summed E-state index contributed by atoms with van der Waals surface area (Å²) in [6, 6.07) is 17.8. The standard InChI is InChI=1S/C27H34O6SSi/c1-19(2)27(33-35(5,6)7,23-12-10-22-17-24(31-4)13-11-21(22)16-23)26(28)18-32-34(29,30)25-14-8-20(3)9-15-25/h8-17,19H,18H2,1-7H3/t27-/m0/s1. The highest BCUT2D eigenvalue weighted by Gasteiger charge is 2.47. The Hall–Kier alpha value is -2.52. The van der Waals surface area contributed by atoms with Crippen LogP contribution in [-0.4, -0.2) is 36.2 Å². The van der Waals surface area contributed by atoms with Crippen molar-refractivity contribution in [3.8, 4) is 5.75 Å². The molecule has 3 rings (SSSR count). The smallest absolute Gasteiger partial charge is 0.297 e. The lowest BCUT2D eigenvalue weighted by Crippen LogP contribution is -2.51. The zero-order chi connectivity index (χ0) is 26.0. The van der Waals surface area contributed by atoms with Gasteiger partial charge in [0.2, 0.25) is 0 Å². The Morgan fingerprint density at radius 2 is 1.54 bits per heavy atom. The second-order valence-electron chi connectivity index (χ2n) is 9.99. The van der Waals surface area contributed by atoms with Crippen LogP contribution in [0.25, 0.3) is 10.8 Å². The van der Waals surface area contributed by atoms with E-state index < -0.39 is 36.4 Å². The maximum absolute atomic E-state index is 13.8. The monoisotopic (exact) mass is 514 g/mol. The summed E-state index contributed by atoms with van der Waals surface area (Å²) < 4.78 is 42.8. The highest BCUT2D eigenvalue weighted by molar-refractivity contribution is 7.86. The number of rotatable bonds is 10. The first-order chi connectivity index (χ1) is 16.3. The predicted octanol–water partition coefficient (Wildman–Crippen LogP) is 5.83. The van der Waals surface area contributed by atoms with Gasteiger partial charge in [-0.15, -0.1) is 0 Å². The molecule has 0 aliphatic heterocycles. The Morgan fingerprint density at radius 3 is 2.11 bits per heavy atom. The number of carbonyl (C=O) groups is 1. The molecule has 3 aromatic carbocycles. The quantitative estimate of drug-likeness (QED) is 0.250. The molecule has 0 heterocycles. The minimum atomic E-state index is -4.11. The number of hydrogen-bond acceptors (Lipinski definition) is 6. The molecule has 0 radical (unpaired) electrons. The average molecular weight is 515 g/mol. The normalized spacial score (nSPS) is 14.2. The van der Waals surface area contributed by atoms with E-state index >= 15 is 0 Å². The van der Waals surface area contributed by atoms with Gasteiger partial charge < -0.3 is 9.16 Å². The minimum absolute atomic E-state index is 0.0109. The summed E-state index contributed by atoms with van der Waals surface area (Å²) in [7, 11) is -4.76. The highest BCUT2D eigenvalue weighted by atomic mass is 32.2. The number of hydrogen-bond donors (Lipinski definition) is 0. The van der Waals surface area contributed by atoms with Crippen LogP contribution in [0.15, 0.2) is 65.6 Å². The van der Waals surface area contributed by atoms with Crippen LogP contribution in [0.1, 0.15) is 25.0 Å². The summed E-state index contributed by atoms with van der Waals surface area (Å²) in [4.78, 5) is 13.9. The van der Waals surface area contributed by atoms with E-state index in [1.807, 2.05) is 76.8 Å². The van der Waals surface area contributed by atoms with Crippen LogP contribution in [-0.2, 0) is 29.1 Å². The van der Waals surface area contributed by atoms with Crippen molar-refractivity contribution in [1.82, 2.24) is 0 Å². The number of fused-ring (bicyclic) bond motifs is 1. The van der Waals surface area contributed by atoms with Gasteiger partial charge in [0.15, 0.2) is 14.1 Å². The van der Waals surface area contributed by atoms with Gasteiger partial charge in [-0.2, -0.15) is 8.42 Å². The van der Waals surface area contributed by atoms with Gasteiger partial charge in [-0.3, -0.25) is 8.98 Å². The first-order valence-corrected chi connectivity index (χ1v) is 16.4. The van der Waals surface area contributed by atoms with Gasteiger partial charge in [-0.1, -0.05) is 49.7 Å². The number of ketones is 1. The first kappa shape index (κ1) is 27.1. The van der Waals surface area contributed by atoms with Gasteiger partial charge in [-0.25, -0.2) is 0 Å². The van der Waals surface area contributed by atoms with Gasteiger partial charge in [0, 0.05) is 0 Å². The Balaban J connectivity index is 2.04. The third-order valence-electron chi connectivity index (χ3n) is 5.83. The number of benzene rings is 3. The molecule has 8 heteroatoms. The highest BCUT2D eigenvalue weighted by Crippen LogP contribution is 2.39. The van der Waals surface area contributed by atoms with Gasteiger partial charge in [0.1, 0.15) is 18.0 Å². The van der Waals surface area contributed by atoms with E-state index in [4.69, 9.17) is 13.3 Å². The summed E-state index contributed by atoms with van der Waals surface area (Å²) in [5.41, 5.74) is 0.242. The van der Waals surface area contributed by atoms with Crippen LogP contribution in [0.3, 0.4) is 0 Å². The Kier molecular flexibility index (Phi) is 7.91. The SMILES string of the molecule is COc1ccc2cc([C@](O[Si](C)(C)C)(C(=O)COS(=O)(=O)c3ccc(C)cc3)C(C)C)ccc2c1. The summed E-state index contributed by atoms with van der Waals surface area (Å²) >= 11 is 0. The van der Waals surface area contributed by atoms with E-state index in [0.717, 1.165) is 22.1 Å². The Bertz CT molecular complexity index is 1310. The van der Waals surface area contributed by atoms with E-state index in [1.165, 1.54) is 12.1 Å². The van der Waals surface area contributed by atoms with Crippen LogP contribution in [0, 0.1) is 12.8 Å². The molecule has 0 amide bonds. The zero-order valence-electron chi connectivity index (χ0n) is 21.4. The van der Waals surface area contributed by atoms with Crippen LogP contribution in [0.4, 0.5) is 0 Å². The molecule has 1 atom stereocenters. The third-order valence-corrected chi connectivity index (χ3v) is 8.04. The lowest BCUT2D eigenvalue weighted by molar-refractivity contribution is -0.143. The van der Waals surface area contributed by atoms with Crippen LogP contribution >= 0.6 is 0 Å². The topological polar surface area (TPSA) is 78.9 Å². The summed E-state index contributed by atoms with van der Waals surface area (Å²) in [6.07, 6.45) is 0. The molecule has 188 valence electrons. The molecule has 6 nitrogen and oxygen atoms in total. The van der Waals surface area contributed by atoms with E-state index in [1.54, 1.807) is 19.2 Å². The molecular weight excluding hydrogens is 480 g/mol. The molecule has 0 N–H and O–H groups in total. The first-order valence-electron chi connectivity index (χ1n) is 11.6. The van der Waals surface area contributed by atoms with Crippen molar-refractivity contribution in [1.29, 1.82) is 0 Å². The van der Waals surface area contributed by atoms with Gasteiger partial charge in [0.25, 0.3) is 10.1 Å². The van der Waals surface area contributed by atoms with Gasteiger partial charge >= 0.3 is 0 Å². The van der Waals surface area contributed by atoms with Crippen LogP contribution < -0.4 is 4.74 Å². The molecule has 35 heavy (non-hydrogen) atoms. The van der Waals surface area contributed by atoms with E-state index in [9.17, 15) is 13.2 Å². The molecule has 0 saturated carbocycles. The molecule has 0 spiro atoms. The second kappa shape index (κ2) is 10.2. The minimum Gasteiger partial charge on any atom is -0.497 e. The fourth-order valence-corrected chi connectivity index (χ4v) is 6.43. The summed E-state index contributed by atoms with van der Waals surface area (Å²) in [5, 5.41) is 1.89. The fourth-order valence-electron chi connectivity index (χ4n) is 4.13. The lowest BCUT2D eigenvalue weighted by atomic mass is 9.79. The average Bonchev–Trinajstić information content (AvgIpc) is 2.79. The molecule has 0 aliphatic carbocycles. The van der Waals surface area contributed by atoms with Gasteiger partial charge in [0.05, 0.1) is 12.0 Å². The van der Waals surface area contributed by atoms with Crippen molar-refractivity contribution >= 4 is 35.0 Å². The van der Waals surface area contributed by atoms with Crippen LogP contribution in [0.2, 0.25) is 19.6 Å². The van der Waals surface area contributed by atoms with Crippen molar-refractivity contribution in [2.75, 3.05) is 13.7 Å². The molecule has 0 unspecified atom stereocenters. The van der Waals surface area contributed by atoms with Gasteiger partial charge in [-0.05, 0) is 79.2 Å². The molecule has 0 aromatic heterocycles. The number of carbonyl (C=O) groups excluding carboxylic acids is 1. The number of methoxy groups -OCH3 is 1. The van der Waals surface area contributed by atoms with Crippen molar-refractivity contribution in [3.63, 3.8) is 0 Å². The summed E-state index contributed by atoms with van der Waals surface area (Å²) in [5.74, 6) is 0.0334. The molecule has 3 aromatic rings. The van der Waals surface area contributed by atoms with E-state index in [0.29, 0.717) is 5.56 Å². The van der Waals surface area contributed by atoms with E-state index in [-0.39, 0.29) is 10.8 Å². The summed E-state index contributed by atoms with van der Waals surface area (Å²) in [6.45, 7) is 11.1. The molecule has 0 fully saturated rings. The van der Waals surface area contributed by atoms with E-state index in [2.05, 4.69) is 0 Å². The maximum atomic E-state index is 13.8. The fraction of sp³-hybridized carbons (Fsp3) is 0.370. The second-order valence-corrected chi connectivity index (χ2v) is 16.0. The van der Waals surface area contributed by atoms with Crippen molar-refractivity contribution < 1.29 is 26.6 Å². The Morgan fingerprint density at radius 1 is 0.943 bits per heavy atom. The van der Waals surface area contributed by atoms with Crippen LogP contribution in [0.5, 0.6) is 5.75 Å². The maximum Gasteiger partial charge on any atom is 0.297 e. The molecule has 0 saturated heterocycles. The lowest BCUT2D eigenvalue weighted by Gasteiger charge is -2.41. The van der Waals surface area contributed by atoms with Crippen molar-refractivity contribution in [3.05, 3.63) is 71.8 Å². The number of ether oxygens (including phenoxy) is 1. The molecular formula is C27H34O6SSi. The molecule has 0 bridgehead atoms. The number of aryl methyl sites for hydroxylation is 1. The molecule has 0 aliphatic rings. The Labute approximate surface area is 209 Å². The zero-order valence-corrected chi connectivity index (χ0v) is 23.2. The predicted molar refractivity (Wildman–Crippen MR) is 141 cm³/mol. The van der Waals surface area contributed by atoms with Crippen molar-refractivity contribution in [2.45, 2.75) is 50.9 Å². The third kappa shape index (κ3) is 6.01. The van der Waals surface area contributed by atoms with Crippen molar-refractivity contribution in [2.24, 2.45) is 5.92 Å². The number of Topliss-reactive ketones (excluding diaryl/α,β-unsaturated/α-hetero) is 1.